The van der Waals surface area contributed by atoms with E-state index in [2.05, 4.69) is 15.6 Å². The molecule has 10 nitrogen and oxygen atoms in total. The van der Waals surface area contributed by atoms with Crippen molar-refractivity contribution < 1.29 is 19.1 Å². The van der Waals surface area contributed by atoms with Crippen LogP contribution in [0.15, 0.2) is 42.1 Å². The van der Waals surface area contributed by atoms with Gasteiger partial charge in [0.05, 0.1) is 29.6 Å². The standard InChI is InChI=1S/C29H28N6O4S/c1-16-12-20(39-2)7-8-21(16)35-22-9-10-31-27-23(22)24(33-29(35)38)25(40-27)26(36)32-19-4-3-11-34(15-19)28(37)18(14-30)13-17-5-6-17/h7-10,12-13,17,19H,3-6,11,15H2,1-2H3,(H,32,36)(H,33,38)/b18-13+/t19-/m0/s1. The zero-order valence-electron chi connectivity index (χ0n) is 22.2. The summed E-state index contributed by atoms with van der Waals surface area (Å²) in [6.45, 7) is 2.78. The number of pyridine rings is 1. The molecular formula is C29H28N6O4S. The zero-order valence-corrected chi connectivity index (χ0v) is 23.0. The van der Waals surface area contributed by atoms with Gasteiger partial charge in [0.2, 0.25) is 0 Å². The van der Waals surface area contributed by atoms with Crippen LogP contribution in [0.3, 0.4) is 0 Å². The number of nitriles is 1. The lowest BCUT2D eigenvalue weighted by atomic mass is 10.0. The molecule has 1 aliphatic carbocycles. The number of anilines is 3. The van der Waals surface area contributed by atoms with Crippen LogP contribution in [0.25, 0.3) is 10.2 Å². The number of benzene rings is 1. The van der Waals surface area contributed by atoms with Crippen molar-refractivity contribution in [3.63, 3.8) is 0 Å². The van der Waals surface area contributed by atoms with Gasteiger partial charge in [0.1, 0.15) is 27.1 Å². The molecule has 1 atom stereocenters. The number of ether oxygens (including phenoxy) is 1. The van der Waals surface area contributed by atoms with Crippen molar-refractivity contribution in [2.24, 2.45) is 5.92 Å². The van der Waals surface area contributed by atoms with Crippen molar-refractivity contribution in [3.05, 3.63) is 52.6 Å². The molecule has 3 aliphatic rings. The molecule has 0 bridgehead atoms. The summed E-state index contributed by atoms with van der Waals surface area (Å²) in [7, 11) is 1.59. The number of carbonyl (C=O) groups is 3. The van der Waals surface area contributed by atoms with Crippen LogP contribution < -0.4 is 20.3 Å². The number of thiophene rings is 1. The highest BCUT2D eigenvalue weighted by Crippen LogP contribution is 2.46. The molecule has 0 spiro atoms. The van der Waals surface area contributed by atoms with Crippen molar-refractivity contribution in [2.45, 2.75) is 38.6 Å². The molecule has 4 amide bonds. The van der Waals surface area contributed by atoms with E-state index in [1.807, 2.05) is 25.1 Å². The van der Waals surface area contributed by atoms with Crippen LogP contribution in [0, 0.1) is 24.2 Å². The maximum atomic E-state index is 13.5. The molecule has 2 N–H and O–H groups in total. The summed E-state index contributed by atoms with van der Waals surface area (Å²) in [5, 5.41) is 16.2. The number of hydrogen-bond acceptors (Lipinski definition) is 7. The third-order valence-corrected chi connectivity index (χ3v) is 8.61. The first kappa shape index (κ1) is 25.8. The molecule has 2 fully saturated rings. The molecule has 11 heteroatoms. The molecule has 2 aliphatic heterocycles. The van der Waals surface area contributed by atoms with Gasteiger partial charge >= 0.3 is 6.03 Å². The van der Waals surface area contributed by atoms with E-state index in [9.17, 15) is 19.6 Å². The molecule has 0 unspecified atom stereocenters. The highest BCUT2D eigenvalue weighted by Gasteiger charge is 2.35. The van der Waals surface area contributed by atoms with E-state index in [0.29, 0.717) is 63.3 Å². The number of amides is 4. The van der Waals surface area contributed by atoms with Gasteiger partial charge in [-0.15, -0.1) is 11.3 Å². The fourth-order valence-electron chi connectivity index (χ4n) is 5.35. The number of methoxy groups -OCH3 is 1. The second kappa shape index (κ2) is 10.3. The van der Waals surface area contributed by atoms with E-state index in [1.165, 1.54) is 11.3 Å². The molecule has 204 valence electrons. The number of urea groups is 1. The Morgan fingerprint density at radius 2 is 2.08 bits per heavy atom. The van der Waals surface area contributed by atoms with E-state index >= 15 is 0 Å². The van der Waals surface area contributed by atoms with Gasteiger partial charge < -0.3 is 20.3 Å². The summed E-state index contributed by atoms with van der Waals surface area (Å²) in [6, 6.07) is 8.68. The van der Waals surface area contributed by atoms with Gasteiger partial charge in [-0.25, -0.2) is 9.78 Å². The molecule has 1 aromatic carbocycles. The molecule has 1 saturated carbocycles. The maximum Gasteiger partial charge on any atom is 0.331 e. The van der Waals surface area contributed by atoms with E-state index in [0.717, 1.165) is 24.8 Å². The van der Waals surface area contributed by atoms with Gasteiger partial charge in [-0.2, -0.15) is 5.26 Å². The predicted octanol–water partition coefficient (Wildman–Crippen LogP) is 4.88. The van der Waals surface area contributed by atoms with Gasteiger partial charge in [-0.1, -0.05) is 6.08 Å². The molecule has 1 saturated heterocycles. The first-order chi connectivity index (χ1) is 19.4. The monoisotopic (exact) mass is 556 g/mol. The number of hydrogen-bond donors (Lipinski definition) is 2. The fourth-order valence-corrected chi connectivity index (χ4v) is 6.37. The van der Waals surface area contributed by atoms with Crippen molar-refractivity contribution >= 4 is 56.5 Å². The molecule has 4 heterocycles. The van der Waals surface area contributed by atoms with E-state index in [4.69, 9.17) is 4.74 Å². The molecule has 2 aromatic heterocycles. The Hall–Kier alpha value is -4.43. The van der Waals surface area contributed by atoms with Crippen LogP contribution in [0.5, 0.6) is 5.75 Å². The third-order valence-electron chi connectivity index (χ3n) is 7.52. The Morgan fingerprint density at radius 1 is 1.25 bits per heavy atom. The quantitative estimate of drug-likeness (QED) is 0.329. The lowest BCUT2D eigenvalue weighted by molar-refractivity contribution is -0.128. The Balaban J connectivity index is 1.26. The second-order valence-electron chi connectivity index (χ2n) is 10.3. The topological polar surface area (TPSA) is 128 Å². The van der Waals surface area contributed by atoms with E-state index in [1.54, 1.807) is 41.3 Å². The largest absolute Gasteiger partial charge is 0.497 e. The number of piperidine rings is 1. The summed E-state index contributed by atoms with van der Waals surface area (Å²) in [5.74, 6) is 0.411. The number of aromatic nitrogens is 1. The van der Waals surface area contributed by atoms with E-state index in [-0.39, 0.29) is 29.5 Å². The lowest BCUT2D eigenvalue weighted by Gasteiger charge is -2.33. The van der Waals surface area contributed by atoms with Crippen LogP contribution in [0.1, 0.15) is 40.9 Å². The van der Waals surface area contributed by atoms with Crippen molar-refractivity contribution in [3.8, 4) is 11.8 Å². The van der Waals surface area contributed by atoms with Gasteiger partial charge in [0, 0.05) is 25.3 Å². The highest BCUT2D eigenvalue weighted by molar-refractivity contribution is 7.21. The first-order valence-corrected chi connectivity index (χ1v) is 14.1. The Bertz CT molecular complexity index is 1620. The second-order valence-corrected chi connectivity index (χ2v) is 11.3. The Morgan fingerprint density at radius 3 is 2.80 bits per heavy atom. The Kier molecular flexibility index (Phi) is 6.64. The number of likely N-dealkylation sites (tertiary alicyclic amines) is 1. The van der Waals surface area contributed by atoms with Crippen LogP contribution in [0.4, 0.5) is 21.9 Å². The minimum atomic E-state index is -0.373. The number of aryl methyl sites for hydroxylation is 1. The summed E-state index contributed by atoms with van der Waals surface area (Å²) in [4.78, 5) is 48.6. The molecule has 0 radical (unpaired) electrons. The number of rotatable bonds is 6. The van der Waals surface area contributed by atoms with Gasteiger partial charge in [0.15, 0.2) is 0 Å². The predicted molar refractivity (Wildman–Crippen MR) is 152 cm³/mol. The van der Waals surface area contributed by atoms with Crippen molar-refractivity contribution in [1.82, 2.24) is 15.2 Å². The van der Waals surface area contributed by atoms with Crippen LogP contribution in [0.2, 0.25) is 0 Å². The number of allylic oxidation sites excluding steroid dienone is 1. The number of nitrogens with one attached hydrogen (secondary N) is 2. The van der Waals surface area contributed by atoms with Crippen molar-refractivity contribution in [1.29, 1.82) is 5.26 Å². The fraction of sp³-hybridized carbons (Fsp3) is 0.345. The highest BCUT2D eigenvalue weighted by atomic mass is 32.1. The van der Waals surface area contributed by atoms with Crippen LogP contribution >= 0.6 is 11.3 Å². The molecule has 6 rings (SSSR count). The third kappa shape index (κ3) is 4.64. The van der Waals surface area contributed by atoms with Gasteiger partial charge in [0.25, 0.3) is 11.8 Å². The van der Waals surface area contributed by atoms with Crippen LogP contribution in [-0.4, -0.2) is 54.0 Å². The first-order valence-electron chi connectivity index (χ1n) is 13.3. The minimum absolute atomic E-state index is 0.182. The average molecular weight is 557 g/mol. The molecule has 3 aromatic rings. The molecular weight excluding hydrogens is 528 g/mol. The summed E-state index contributed by atoms with van der Waals surface area (Å²) in [5.41, 5.74) is 2.83. The van der Waals surface area contributed by atoms with Crippen molar-refractivity contribution in [2.75, 3.05) is 30.4 Å². The van der Waals surface area contributed by atoms with E-state index < -0.39 is 0 Å². The maximum absolute atomic E-state index is 13.5. The number of nitrogens with zero attached hydrogens (tertiary/aromatic N) is 4. The smallest absolute Gasteiger partial charge is 0.331 e. The Labute approximate surface area is 235 Å². The summed E-state index contributed by atoms with van der Waals surface area (Å²) in [6.07, 6.45) is 6.87. The minimum Gasteiger partial charge on any atom is -0.497 e. The van der Waals surface area contributed by atoms with Gasteiger partial charge in [-0.05, 0) is 68.4 Å². The SMILES string of the molecule is COc1ccc(N2C(=O)Nc3c(C(=O)N[C@H]4CCCN(C(=O)/C(C#N)=C/C5CC5)C4)sc4nccc2c34)c(C)c1. The van der Waals surface area contributed by atoms with Crippen LogP contribution in [-0.2, 0) is 4.79 Å². The zero-order chi connectivity index (χ0) is 28.0. The molecule has 40 heavy (non-hydrogen) atoms. The van der Waals surface area contributed by atoms with Gasteiger partial charge in [-0.3, -0.25) is 14.5 Å². The summed E-state index contributed by atoms with van der Waals surface area (Å²) >= 11 is 1.22. The average Bonchev–Trinajstić information content (AvgIpc) is 3.71. The normalized spacial score (nSPS) is 18.8. The summed E-state index contributed by atoms with van der Waals surface area (Å²) < 4.78 is 5.31. The number of carbonyl (C=O) groups excluding carboxylic acids is 3. The lowest BCUT2D eigenvalue weighted by Crippen LogP contribution is -2.50.